The van der Waals surface area contributed by atoms with Crippen molar-refractivity contribution in [2.24, 2.45) is 11.8 Å². The molecule has 118 valence electrons. The first-order chi connectivity index (χ1) is 9.95. The zero-order chi connectivity index (χ0) is 13.9. The van der Waals surface area contributed by atoms with Gasteiger partial charge in [-0.3, -0.25) is 0 Å². The molecule has 2 bridgehead atoms. The van der Waals surface area contributed by atoms with E-state index >= 15 is 0 Å². The minimum atomic E-state index is 1.08. The summed E-state index contributed by atoms with van der Waals surface area (Å²) in [5.74, 6) is 2.15. The smallest absolute Gasteiger partial charge is 0.0414 e. The van der Waals surface area contributed by atoms with Gasteiger partial charge in [0, 0.05) is 0 Å². The van der Waals surface area contributed by atoms with Crippen molar-refractivity contribution in [1.82, 2.24) is 0 Å². The van der Waals surface area contributed by atoms with E-state index < -0.39 is 0 Å². The van der Waals surface area contributed by atoms with Crippen molar-refractivity contribution in [3.63, 3.8) is 0 Å². The lowest BCUT2D eigenvalue weighted by atomic mass is 9.85. The Labute approximate surface area is 128 Å². The predicted molar refractivity (Wildman–Crippen MR) is 90.1 cm³/mol. The second kappa shape index (κ2) is 10.7. The van der Waals surface area contributed by atoms with Crippen LogP contribution >= 0.6 is 0 Å². The maximum atomic E-state index is 1.55. The van der Waals surface area contributed by atoms with E-state index in [1.807, 2.05) is 0 Å². The highest BCUT2D eigenvalue weighted by molar-refractivity contribution is 4.66. The molecule has 0 saturated heterocycles. The second-order valence-corrected chi connectivity index (χ2v) is 7.71. The summed E-state index contributed by atoms with van der Waals surface area (Å²) in [7, 11) is 0. The lowest BCUT2D eigenvalue weighted by molar-refractivity contribution is 0.327. The molecule has 3 aliphatic rings. The van der Waals surface area contributed by atoms with Crippen LogP contribution < -0.4 is 0 Å². The molecule has 0 heterocycles. The first-order valence-corrected chi connectivity index (χ1v) is 9.95. The molecule has 0 aromatic heterocycles. The Kier molecular flexibility index (Phi) is 8.75. The Morgan fingerprint density at radius 3 is 0.650 bits per heavy atom. The molecule has 0 aromatic rings. The lowest BCUT2D eigenvalue weighted by Gasteiger charge is -2.21. The van der Waals surface area contributed by atoms with Crippen LogP contribution in [0.3, 0.4) is 0 Å². The van der Waals surface area contributed by atoms with Crippen molar-refractivity contribution < 1.29 is 0 Å². The maximum Gasteiger partial charge on any atom is -0.0414 e. The number of hydrogen-bond acceptors (Lipinski definition) is 0. The Bertz CT molecular complexity index is 158. The van der Waals surface area contributed by atoms with Gasteiger partial charge in [-0.25, -0.2) is 0 Å². The Morgan fingerprint density at radius 2 is 0.450 bits per heavy atom. The molecule has 3 rings (SSSR count). The minimum Gasteiger partial charge on any atom is -0.0533 e. The Morgan fingerprint density at radius 1 is 0.250 bits per heavy atom. The quantitative estimate of drug-likeness (QED) is 0.437. The van der Waals surface area contributed by atoms with Crippen molar-refractivity contribution in [3.05, 3.63) is 0 Å². The average molecular weight is 279 g/mol. The second-order valence-electron chi connectivity index (χ2n) is 7.71. The monoisotopic (exact) mass is 278 g/mol. The highest BCUT2D eigenvalue weighted by Crippen LogP contribution is 2.29. The van der Waals surface area contributed by atoms with Gasteiger partial charge in [-0.05, 0) is 11.8 Å². The summed E-state index contributed by atoms with van der Waals surface area (Å²) in [6, 6.07) is 0. The fraction of sp³-hybridized carbons (Fsp3) is 1.00. The molecule has 3 saturated carbocycles. The average Bonchev–Trinajstić information content (AvgIpc) is 2.47. The zero-order valence-electron chi connectivity index (χ0n) is 13.9. The highest BCUT2D eigenvalue weighted by Gasteiger charge is 2.13. The summed E-state index contributed by atoms with van der Waals surface area (Å²) in [5.41, 5.74) is 0. The lowest BCUT2D eigenvalue weighted by Crippen LogP contribution is -2.05. The van der Waals surface area contributed by atoms with Crippen LogP contribution in [0, 0.1) is 11.8 Å². The van der Waals surface area contributed by atoms with Crippen LogP contribution in [0.15, 0.2) is 0 Å². The largest absolute Gasteiger partial charge is 0.0533 e. The van der Waals surface area contributed by atoms with Crippen molar-refractivity contribution in [2.75, 3.05) is 0 Å². The van der Waals surface area contributed by atoms with E-state index in [0.29, 0.717) is 0 Å². The molecular formula is C20H38. The Balaban J connectivity index is 1.89. The first-order valence-electron chi connectivity index (χ1n) is 9.95. The molecule has 0 spiro atoms. The van der Waals surface area contributed by atoms with Crippen LogP contribution in [0.25, 0.3) is 0 Å². The maximum absolute atomic E-state index is 1.55. The summed E-state index contributed by atoms with van der Waals surface area (Å²) in [5, 5.41) is 0. The topological polar surface area (TPSA) is 0 Å². The van der Waals surface area contributed by atoms with E-state index in [0.717, 1.165) is 11.8 Å². The molecule has 0 aliphatic heterocycles. The SMILES string of the molecule is C1CCCC2CCCCCCC(CC1)CCCCCC2. The van der Waals surface area contributed by atoms with Crippen LogP contribution in [-0.4, -0.2) is 0 Å². The molecule has 0 aromatic carbocycles. The van der Waals surface area contributed by atoms with Gasteiger partial charge >= 0.3 is 0 Å². The standard InChI is InChI=1S/C20H38/c1-2-8-14-20-17-11-5-3-9-15-19(13-7-1)16-10-4-6-12-18-20/h19-20H,1-18H2. The summed E-state index contributed by atoms with van der Waals surface area (Å²) in [6.45, 7) is 0. The number of fused-ring (bicyclic) bond motifs is 15. The molecule has 3 fully saturated rings. The third-order valence-electron chi connectivity index (χ3n) is 5.92. The molecule has 3 aliphatic carbocycles. The van der Waals surface area contributed by atoms with E-state index in [1.165, 1.54) is 77.0 Å². The molecular weight excluding hydrogens is 240 g/mol. The third kappa shape index (κ3) is 7.14. The van der Waals surface area contributed by atoms with E-state index in [1.54, 1.807) is 38.5 Å². The van der Waals surface area contributed by atoms with Gasteiger partial charge in [0.15, 0.2) is 0 Å². The van der Waals surface area contributed by atoms with Crippen LogP contribution in [0.1, 0.15) is 116 Å². The summed E-state index contributed by atoms with van der Waals surface area (Å²) < 4.78 is 0. The molecule has 20 heavy (non-hydrogen) atoms. The summed E-state index contributed by atoms with van der Waals surface area (Å²) >= 11 is 0. The molecule has 0 amide bonds. The highest BCUT2D eigenvalue weighted by atomic mass is 14.2. The van der Waals surface area contributed by atoms with Crippen molar-refractivity contribution >= 4 is 0 Å². The van der Waals surface area contributed by atoms with Crippen molar-refractivity contribution in [2.45, 2.75) is 116 Å². The van der Waals surface area contributed by atoms with Crippen LogP contribution in [0.2, 0.25) is 0 Å². The Hall–Kier alpha value is 0. The number of rotatable bonds is 0. The van der Waals surface area contributed by atoms with Gasteiger partial charge in [-0.15, -0.1) is 0 Å². The fourth-order valence-electron chi connectivity index (χ4n) is 4.52. The molecule has 0 heteroatoms. The normalized spacial score (nSPS) is 32.4. The molecule has 0 N–H and O–H groups in total. The minimum absolute atomic E-state index is 1.08. The van der Waals surface area contributed by atoms with E-state index in [-0.39, 0.29) is 0 Å². The predicted octanol–water partition coefficient (Wildman–Crippen LogP) is 7.27. The summed E-state index contributed by atoms with van der Waals surface area (Å²) in [4.78, 5) is 0. The van der Waals surface area contributed by atoms with Crippen LogP contribution in [0.4, 0.5) is 0 Å². The molecule has 0 radical (unpaired) electrons. The van der Waals surface area contributed by atoms with Gasteiger partial charge in [0.05, 0.1) is 0 Å². The first kappa shape index (κ1) is 16.4. The number of hydrogen-bond donors (Lipinski definition) is 0. The molecule has 0 nitrogen and oxygen atoms in total. The van der Waals surface area contributed by atoms with Crippen molar-refractivity contribution in [3.8, 4) is 0 Å². The van der Waals surface area contributed by atoms with Gasteiger partial charge < -0.3 is 0 Å². The molecule has 0 atom stereocenters. The van der Waals surface area contributed by atoms with Gasteiger partial charge in [-0.2, -0.15) is 0 Å². The van der Waals surface area contributed by atoms with Gasteiger partial charge in [-0.1, -0.05) is 116 Å². The zero-order valence-corrected chi connectivity index (χ0v) is 13.9. The fourth-order valence-corrected chi connectivity index (χ4v) is 4.52. The van der Waals surface area contributed by atoms with Gasteiger partial charge in [0.2, 0.25) is 0 Å². The third-order valence-corrected chi connectivity index (χ3v) is 5.92. The molecule has 0 unspecified atom stereocenters. The van der Waals surface area contributed by atoms with Crippen LogP contribution in [-0.2, 0) is 0 Å². The van der Waals surface area contributed by atoms with Gasteiger partial charge in [0.25, 0.3) is 0 Å². The van der Waals surface area contributed by atoms with Crippen molar-refractivity contribution in [1.29, 1.82) is 0 Å². The van der Waals surface area contributed by atoms with Gasteiger partial charge in [0.1, 0.15) is 0 Å². The summed E-state index contributed by atoms with van der Waals surface area (Å²) in [6.07, 6.45) is 27.5. The van der Waals surface area contributed by atoms with E-state index in [9.17, 15) is 0 Å². The van der Waals surface area contributed by atoms with E-state index in [2.05, 4.69) is 0 Å². The van der Waals surface area contributed by atoms with E-state index in [4.69, 9.17) is 0 Å². The van der Waals surface area contributed by atoms with Crippen LogP contribution in [0.5, 0.6) is 0 Å².